The fraction of sp³-hybridized carbons (Fsp3) is 0.556. The van der Waals surface area contributed by atoms with Gasteiger partial charge >= 0.3 is 5.97 Å². The number of hydrogen-bond acceptors (Lipinski definition) is 3. The minimum atomic E-state index is -0.597. The molecule has 5 heteroatoms. The summed E-state index contributed by atoms with van der Waals surface area (Å²) in [6, 6.07) is 1.91. The predicted molar refractivity (Wildman–Crippen MR) is 101 cm³/mol. The molecule has 23 heavy (non-hydrogen) atoms. The Bertz CT molecular complexity index is 597. The summed E-state index contributed by atoms with van der Waals surface area (Å²) < 4.78 is 5.70. The smallest absolute Gasteiger partial charge is 0.348 e. The third-order valence-electron chi connectivity index (χ3n) is 3.95. The molecule has 0 radical (unpaired) electrons. The van der Waals surface area contributed by atoms with Gasteiger partial charge in [-0.3, -0.25) is 0 Å². The molecule has 0 aliphatic carbocycles. The summed E-state index contributed by atoms with van der Waals surface area (Å²) in [6.07, 6.45) is 10.0. The van der Waals surface area contributed by atoms with Crippen molar-refractivity contribution in [3.05, 3.63) is 26.1 Å². The summed E-state index contributed by atoms with van der Waals surface area (Å²) in [5.41, 5.74) is 3.27. The van der Waals surface area contributed by atoms with Crippen LogP contribution in [0.15, 0.2) is 5.57 Å². The molecular weight excluding hydrogens is 403 g/mol. The van der Waals surface area contributed by atoms with Gasteiger partial charge in [0.2, 0.25) is 0 Å². The lowest BCUT2D eigenvalue weighted by Crippen LogP contribution is -2.03. The zero-order valence-electron chi connectivity index (χ0n) is 14.2. The van der Waals surface area contributed by atoms with Crippen LogP contribution in [0.3, 0.4) is 0 Å². The number of carbonyl (C=O) groups is 1. The molecule has 0 unspecified atom stereocenters. The summed E-state index contributed by atoms with van der Waals surface area (Å²) in [7, 11) is 1.29. The number of aromatic amines is 1. The van der Waals surface area contributed by atoms with E-state index in [4.69, 9.17) is 5.26 Å². The maximum absolute atomic E-state index is 11.6. The Labute approximate surface area is 152 Å². The van der Waals surface area contributed by atoms with Crippen LogP contribution in [0.25, 0.3) is 6.08 Å². The van der Waals surface area contributed by atoms with E-state index in [1.165, 1.54) is 50.3 Å². The van der Waals surface area contributed by atoms with E-state index < -0.39 is 5.97 Å². The van der Waals surface area contributed by atoms with Gasteiger partial charge in [-0.1, -0.05) is 39.0 Å². The van der Waals surface area contributed by atoms with Gasteiger partial charge in [0, 0.05) is 5.69 Å². The molecule has 4 nitrogen and oxygen atoms in total. The normalized spacial score (nSPS) is 11.3. The first-order chi connectivity index (χ1) is 11.0. The number of nitriles is 1. The molecule has 1 N–H and O–H groups in total. The second kappa shape index (κ2) is 10.5. The molecule has 1 heterocycles. The van der Waals surface area contributed by atoms with Gasteiger partial charge in [0.25, 0.3) is 0 Å². The van der Waals surface area contributed by atoms with E-state index in [0.717, 1.165) is 22.2 Å². The Morgan fingerprint density at radius 1 is 1.30 bits per heavy atom. The molecule has 0 aliphatic rings. The molecule has 0 aromatic carbocycles. The van der Waals surface area contributed by atoms with Crippen LogP contribution in [0.2, 0.25) is 0 Å². The number of aromatic nitrogens is 1. The Morgan fingerprint density at radius 3 is 2.57 bits per heavy atom. The maximum Gasteiger partial charge on any atom is 0.348 e. The summed E-state index contributed by atoms with van der Waals surface area (Å²) in [4.78, 5) is 14.9. The van der Waals surface area contributed by atoms with Crippen LogP contribution in [0, 0.1) is 22.0 Å². The van der Waals surface area contributed by atoms with Crippen molar-refractivity contribution >= 4 is 34.6 Å². The van der Waals surface area contributed by atoms with Gasteiger partial charge in [-0.25, -0.2) is 4.79 Å². The topological polar surface area (TPSA) is 65.9 Å². The number of ether oxygens (including phenoxy) is 1. The second-order valence-electron chi connectivity index (χ2n) is 5.64. The highest BCUT2D eigenvalue weighted by Gasteiger charge is 2.15. The van der Waals surface area contributed by atoms with Crippen LogP contribution in [0.5, 0.6) is 0 Å². The zero-order valence-corrected chi connectivity index (χ0v) is 16.3. The molecule has 0 fully saturated rings. The zero-order chi connectivity index (χ0) is 17.2. The van der Waals surface area contributed by atoms with Gasteiger partial charge in [-0.2, -0.15) is 5.26 Å². The minimum absolute atomic E-state index is 0.0225. The van der Waals surface area contributed by atoms with Crippen molar-refractivity contribution < 1.29 is 9.53 Å². The van der Waals surface area contributed by atoms with Gasteiger partial charge in [0.15, 0.2) is 0 Å². The van der Waals surface area contributed by atoms with E-state index >= 15 is 0 Å². The maximum atomic E-state index is 11.6. The summed E-state index contributed by atoms with van der Waals surface area (Å²) >= 11 is 2.25. The third kappa shape index (κ3) is 6.02. The molecule has 0 aliphatic heterocycles. The van der Waals surface area contributed by atoms with Gasteiger partial charge in [0.05, 0.1) is 10.8 Å². The molecule has 1 aromatic rings. The molecule has 0 saturated carbocycles. The van der Waals surface area contributed by atoms with Gasteiger partial charge in [-0.05, 0) is 59.6 Å². The predicted octanol–water partition coefficient (Wildman–Crippen LogP) is 4.91. The molecule has 126 valence electrons. The number of carbonyl (C=O) groups excluding carboxylic acids is 1. The van der Waals surface area contributed by atoms with Crippen molar-refractivity contribution in [3.8, 4) is 6.07 Å². The van der Waals surface area contributed by atoms with Crippen LogP contribution in [-0.2, 0) is 16.0 Å². The van der Waals surface area contributed by atoms with Crippen LogP contribution in [0.1, 0.15) is 62.3 Å². The summed E-state index contributed by atoms with van der Waals surface area (Å²) in [6.45, 7) is 4.30. The van der Waals surface area contributed by atoms with Crippen molar-refractivity contribution in [2.24, 2.45) is 0 Å². The third-order valence-corrected chi connectivity index (χ3v) is 5.02. The molecule has 0 bridgehead atoms. The van der Waals surface area contributed by atoms with E-state index in [1.54, 1.807) is 6.08 Å². The average Bonchev–Trinajstić information content (AvgIpc) is 2.82. The lowest BCUT2D eigenvalue weighted by atomic mass is 10.0. The van der Waals surface area contributed by atoms with Crippen molar-refractivity contribution in [1.29, 1.82) is 5.26 Å². The average molecular weight is 428 g/mol. The first kappa shape index (κ1) is 19.8. The highest BCUT2D eigenvalue weighted by atomic mass is 127. The Balaban J connectivity index is 2.82. The second-order valence-corrected chi connectivity index (χ2v) is 6.71. The van der Waals surface area contributed by atoms with E-state index in [0.29, 0.717) is 0 Å². The number of rotatable bonds is 9. The van der Waals surface area contributed by atoms with Gasteiger partial charge in [-0.15, -0.1) is 0 Å². The Hall–Kier alpha value is -1.29. The van der Waals surface area contributed by atoms with Crippen LogP contribution in [-0.4, -0.2) is 18.1 Å². The largest absolute Gasteiger partial charge is 0.465 e. The van der Waals surface area contributed by atoms with Gasteiger partial charge < -0.3 is 9.72 Å². The number of H-pyrrole nitrogens is 1. The van der Waals surface area contributed by atoms with E-state index in [1.807, 2.05) is 6.07 Å². The standard InChI is InChI=1S/C18H25IN2O2/c1-4-5-6-7-8-9-10-15-13(2)17(19)21-16(15)11-14(12-20)18(22)23-3/h11,21H,4-10H2,1-3H3/b14-11-. The van der Waals surface area contributed by atoms with Crippen molar-refractivity contribution in [1.82, 2.24) is 4.98 Å². The lowest BCUT2D eigenvalue weighted by Gasteiger charge is -2.04. The Morgan fingerprint density at radius 2 is 1.96 bits per heavy atom. The Kier molecular flexibility index (Phi) is 9.00. The first-order valence-corrected chi connectivity index (χ1v) is 9.20. The number of unbranched alkanes of at least 4 members (excludes halogenated alkanes) is 5. The summed E-state index contributed by atoms with van der Waals surface area (Å²) in [5, 5.41) is 9.12. The fourth-order valence-corrected chi connectivity index (χ4v) is 3.16. The van der Waals surface area contributed by atoms with Crippen molar-refractivity contribution in [2.45, 2.75) is 58.8 Å². The highest BCUT2D eigenvalue weighted by molar-refractivity contribution is 14.1. The highest BCUT2D eigenvalue weighted by Crippen LogP contribution is 2.24. The molecule has 0 spiro atoms. The molecule has 1 rings (SSSR count). The number of nitrogens with one attached hydrogen (secondary N) is 1. The van der Waals surface area contributed by atoms with E-state index in [2.05, 4.69) is 46.2 Å². The molecule has 0 atom stereocenters. The number of nitrogens with zero attached hydrogens (tertiary/aromatic N) is 1. The lowest BCUT2D eigenvalue weighted by molar-refractivity contribution is -0.135. The fourth-order valence-electron chi connectivity index (χ4n) is 2.54. The van der Waals surface area contributed by atoms with Crippen LogP contribution >= 0.6 is 22.6 Å². The number of hydrogen-bond donors (Lipinski definition) is 1. The molecular formula is C18H25IN2O2. The first-order valence-electron chi connectivity index (χ1n) is 8.12. The monoisotopic (exact) mass is 428 g/mol. The van der Waals surface area contributed by atoms with Crippen LogP contribution in [0.4, 0.5) is 0 Å². The van der Waals surface area contributed by atoms with E-state index in [-0.39, 0.29) is 5.57 Å². The van der Waals surface area contributed by atoms with Gasteiger partial charge in [0.1, 0.15) is 11.6 Å². The SMILES string of the molecule is CCCCCCCCc1c(/C=C(/C#N)C(=O)OC)[nH]c(I)c1C. The molecule has 0 amide bonds. The quantitative estimate of drug-likeness (QED) is 0.200. The number of esters is 1. The molecule has 1 aromatic heterocycles. The minimum Gasteiger partial charge on any atom is -0.465 e. The van der Waals surface area contributed by atoms with Crippen molar-refractivity contribution in [3.63, 3.8) is 0 Å². The van der Waals surface area contributed by atoms with E-state index in [9.17, 15) is 4.79 Å². The number of halogens is 1. The number of methoxy groups -OCH3 is 1. The van der Waals surface area contributed by atoms with Crippen LogP contribution < -0.4 is 0 Å². The van der Waals surface area contributed by atoms with Crippen molar-refractivity contribution in [2.75, 3.05) is 7.11 Å². The molecule has 0 saturated heterocycles. The summed E-state index contributed by atoms with van der Waals surface area (Å²) in [5.74, 6) is -0.597.